The molecular weight excluding hydrogens is 277 g/mol. The maximum absolute atomic E-state index is 12.4. The number of nitrogens with zero attached hydrogens (tertiary/aromatic N) is 2. The van der Waals surface area contributed by atoms with E-state index in [4.69, 9.17) is 0 Å². The maximum atomic E-state index is 12.4. The highest BCUT2D eigenvalue weighted by molar-refractivity contribution is 5.80. The summed E-state index contributed by atoms with van der Waals surface area (Å²) in [6.45, 7) is 0. The lowest BCUT2D eigenvalue weighted by Crippen LogP contribution is -2.34. The average molecular weight is 288 g/mol. The van der Waals surface area contributed by atoms with Gasteiger partial charge in [0.1, 0.15) is 11.5 Å². The normalized spacial score (nSPS) is 23.6. The molecule has 0 aromatic carbocycles. The second-order valence-electron chi connectivity index (χ2n) is 4.72. The molecule has 0 amide bonds. The lowest BCUT2D eigenvalue weighted by molar-refractivity contribution is -0.528. The Morgan fingerprint density at radius 2 is 2.05 bits per heavy atom. The van der Waals surface area contributed by atoms with Crippen molar-refractivity contribution in [3.63, 3.8) is 0 Å². The Labute approximate surface area is 112 Å². The Hall–Kier alpha value is -1.99. The number of carbonyl (C=O) groups is 1. The summed E-state index contributed by atoms with van der Waals surface area (Å²) in [7, 11) is 0. The predicted octanol–water partition coefficient (Wildman–Crippen LogP) is 2.58. The number of halogens is 3. The van der Waals surface area contributed by atoms with Crippen LogP contribution in [0.4, 0.5) is 13.2 Å². The monoisotopic (exact) mass is 288 g/mol. The third-order valence-corrected chi connectivity index (χ3v) is 3.41. The van der Waals surface area contributed by atoms with Crippen molar-refractivity contribution < 1.29 is 22.9 Å². The zero-order valence-electron chi connectivity index (χ0n) is 10.3. The number of alkyl halides is 3. The summed E-state index contributed by atoms with van der Waals surface area (Å²) in [6.07, 6.45) is -3.36. The summed E-state index contributed by atoms with van der Waals surface area (Å²) in [5, 5.41) is 11.0. The van der Waals surface area contributed by atoms with Gasteiger partial charge in [-0.1, -0.05) is 6.07 Å². The fraction of sp³-hybridized carbons (Fsp3) is 0.500. The van der Waals surface area contributed by atoms with Gasteiger partial charge in [0, 0.05) is 30.4 Å². The van der Waals surface area contributed by atoms with Crippen LogP contribution in [0.25, 0.3) is 0 Å². The summed E-state index contributed by atoms with van der Waals surface area (Å²) < 4.78 is 37.2. The molecule has 0 aliphatic heterocycles. The molecule has 20 heavy (non-hydrogen) atoms. The lowest BCUT2D eigenvalue weighted by atomic mass is 9.80. The van der Waals surface area contributed by atoms with E-state index in [2.05, 4.69) is 4.98 Å². The summed E-state index contributed by atoms with van der Waals surface area (Å²) >= 11 is 0. The molecule has 2 rings (SSSR count). The Morgan fingerprint density at radius 3 is 2.55 bits per heavy atom. The molecular formula is C12H11F3N2O3. The van der Waals surface area contributed by atoms with Crippen LogP contribution in [0, 0.1) is 10.1 Å². The van der Waals surface area contributed by atoms with Crippen molar-refractivity contribution >= 4 is 5.78 Å². The van der Waals surface area contributed by atoms with Gasteiger partial charge in [0.2, 0.25) is 6.04 Å². The van der Waals surface area contributed by atoms with E-state index in [-0.39, 0.29) is 25.0 Å². The molecule has 2 atom stereocenters. The van der Waals surface area contributed by atoms with Crippen molar-refractivity contribution in [2.24, 2.45) is 0 Å². The fourth-order valence-electron chi connectivity index (χ4n) is 2.38. The van der Waals surface area contributed by atoms with E-state index >= 15 is 0 Å². The smallest absolute Gasteiger partial charge is 0.300 e. The van der Waals surface area contributed by atoms with Gasteiger partial charge in [-0.05, 0) is 11.6 Å². The van der Waals surface area contributed by atoms with Crippen LogP contribution in [-0.2, 0) is 11.0 Å². The molecule has 5 nitrogen and oxygen atoms in total. The molecule has 1 aromatic heterocycles. The van der Waals surface area contributed by atoms with Crippen molar-refractivity contribution in [3.05, 3.63) is 39.7 Å². The maximum Gasteiger partial charge on any atom is 0.433 e. The number of carbonyl (C=O) groups excluding carboxylic acids is 1. The fourth-order valence-corrected chi connectivity index (χ4v) is 2.38. The Morgan fingerprint density at radius 1 is 1.35 bits per heavy atom. The SMILES string of the molecule is O=C1CC[C@@H]([N+](=O)[O-])[C@H](c2ccc(C(F)(F)F)nc2)C1. The van der Waals surface area contributed by atoms with E-state index in [9.17, 15) is 28.1 Å². The van der Waals surface area contributed by atoms with Crippen molar-refractivity contribution in [2.45, 2.75) is 37.4 Å². The number of nitro groups is 1. The number of hydrogen-bond acceptors (Lipinski definition) is 4. The highest BCUT2D eigenvalue weighted by atomic mass is 19.4. The second-order valence-corrected chi connectivity index (χ2v) is 4.72. The quantitative estimate of drug-likeness (QED) is 0.619. The largest absolute Gasteiger partial charge is 0.433 e. The first kappa shape index (κ1) is 14.4. The van der Waals surface area contributed by atoms with Crippen LogP contribution in [0.15, 0.2) is 18.3 Å². The minimum absolute atomic E-state index is 0.0291. The molecule has 1 aliphatic carbocycles. The minimum atomic E-state index is -4.55. The molecule has 1 aliphatic rings. The van der Waals surface area contributed by atoms with Crippen LogP contribution in [0.1, 0.15) is 36.4 Å². The number of pyridine rings is 1. The number of aromatic nitrogens is 1. The molecule has 1 heterocycles. The minimum Gasteiger partial charge on any atom is -0.300 e. The van der Waals surface area contributed by atoms with Crippen LogP contribution in [0.3, 0.4) is 0 Å². The number of ketones is 1. The van der Waals surface area contributed by atoms with Gasteiger partial charge in [0.25, 0.3) is 0 Å². The van der Waals surface area contributed by atoms with Gasteiger partial charge in [-0.25, -0.2) is 0 Å². The molecule has 108 valence electrons. The third kappa shape index (κ3) is 2.94. The predicted molar refractivity (Wildman–Crippen MR) is 61.6 cm³/mol. The summed E-state index contributed by atoms with van der Waals surface area (Å²) in [5.74, 6) is -0.825. The van der Waals surface area contributed by atoms with E-state index in [1.54, 1.807) is 0 Å². The van der Waals surface area contributed by atoms with Crippen molar-refractivity contribution in [2.75, 3.05) is 0 Å². The molecule has 0 spiro atoms. The first-order valence-corrected chi connectivity index (χ1v) is 5.97. The van der Waals surface area contributed by atoms with Gasteiger partial charge in [-0.2, -0.15) is 13.2 Å². The van der Waals surface area contributed by atoms with Crippen molar-refractivity contribution in [1.29, 1.82) is 0 Å². The Kier molecular flexibility index (Phi) is 3.74. The Bertz CT molecular complexity index is 528. The molecule has 0 unspecified atom stereocenters. The topological polar surface area (TPSA) is 73.1 Å². The average Bonchev–Trinajstić information content (AvgIpc) is 2.37. The van der Waals surface area contributed by atoms with Crippen LogP contribution >= 0.6 is 0 Å². The lowest BCUT2D eigenvalue weighted by Gasteiger charge is -2.24. The van der Waals surface area contributed by atoms with Crippen LogP contribution < -0.4 is 0 Å². The molecule has 1 saturated carbocycles. The Balaban J connectivity index is 2.28. The molecule has 8 heteroatoms. The highest BCUT2D eigenvalue weighted by Gasteiger charge is 2.39. The zero-order chi connectivity index (χ0) is 14.9. The van der Waals surface area contributed by atoms with E-state index in [0.717, 1.165) is 18.3 Å². The van der Waals surface area contributed by atoms with E-state index < -0.39 is 28.8 Å². The number of rotatable bonds is 2. The molecule has 1 aromatic rings. The summed E-state index contributed by atoms with van der Waals surface area (Å²) in [6, 6.07) is 0.993. The van der Waals surface area contributed by atoms with Gasteiger partial charge in [-0.15, -0.1) is 0 Å². The third-order valence-electron chi connectivity index (χ3n) is 3.41. The van der Waals surface area contributed by atoms with Gasteiger partial charge in [0.05, 0.1) is 5.92 Å². The second kappa shape index (κ2) is 5.18. The van der Waals surface area contributed by atoms with Crippen LogP contribution in [-0.4, -0.2) is 21.7 Å². The molecule has 1 fully saturated rings. The summed E-state index contributed by atoms with van der Waals surface area (Å²) in [4.78, 5) is 25.2. The number of Topliss-reactive ketones (excluding diaryl/α,β-unsaturated/α-hetero) is 1. The van der Waals surface area contributed by atoms with E-state index in [0.29, 0.717) is 5.56 Å². The first-order chi connectivity index (χ1) is 9.29. The van der Waals surface area contributed by atoms with Gasteiger partial charge in [-0.3, -0.25) is 19.9 Å². The highest BCUT2D eigenvalue weighted by Crippen LogP contribution is 2.34. The standard InChI is InChI=1S/C12H11F3N2O3/c13-12(14,15)11-4-1-7(6-16-11)9-5-8(18)2-3-10(9)17(19)20/h1,4,6,9-10H,2-3,5H2/t9-,10+/m0/s1. The molecule has 0 N–H and O–H groups in total. The van der Waals surface area contributed by atoms with Gasteiger partial charge >= 0.3 is 6.18 Å². The summed E-state index contributed by atoms with van der Waals surface area (Å²) in [5.41, 5.74) is -0.756. The zero-order valence-corrected chi connectivity index (χ0v) is 10.3. The van der Waals surface area contributed by atoms with E-state index in [1.165, 1.54) is 0 Å². The number of hydrogen-bond donors (Lipinski definition) is 0. The first-order valence-electron chi connectivity index (χ1n) is 5.97. The molecule has 0 bridgehead atoms. The molecule has 0 radical (unpaired) electrons. The van der Waals surface area contributed by atoms with Gasteiger partial charge < -0.3 is 0 Å². The van der Waals surface area contributed by atoms with Gasteiger partial charge in [0.15, 0.2) is 0 Å². The van der Waals surface area contributed by atoms with Crippen LogP contribution in [0.5, 0.6) is 0 Å². The van der Waals surface area contributed by atoms with Crippen molar-refractivity contribution in [3.8, 4) is 0 Å². The van der Waals surface area contributed by atoms with Crippen LogP contribution in [0.2, 0.25) is 0 Å². The van der Waals surface area contributed by atoms with Crippen molar-refractivity contribution in [1.82, 2.24) is 4.98 Å². The molecule has 0 saturated heterocycles. The van der Waals surface area contributed by atoms with E-state index in [1.807, 2.05) is 0 Å².